The molecule has 0 fully saturated rings. The van der Waals surface area contributed by atoms with Gasteiger partial charge in [0.25, 0.3) is 0 Å². The zero-order chi connectivity index (χ0) is 23.2. The molecule has 1 atom stereocenters. The van der Waals surface area contributed by atoms with Crippen LogP contribution in [-0.4, -0.2) is 26.2 Å². The van der Waals surface area contributed by atoms with Crippen molar-refractivity contribution in [3.63, 3.8) is 0 Å². The minimum absolute atomic E-state index is 0.229. The van der Waals surface area contributed by atoms with Crippen LogP contribution in [0.2, 0.25) is 5.02 Å². The quantitative estimate of drug-likeness (QED) is 0.809. The van der Waals surface area contributed by atoms with E-state index in [0.717, 1.165) is 0 Å². The highest BCUT2D eigenvalue weighted by Gasteiger charge is 2.35. The van der Waals surface area contributed by atoms with Crippen molar-refractivity contribution in [1.29, 1.82) is 0 Å². The lowest BCUT2D eigenvalue weighted by atomic mass is 9.99. The van der Waals surface area contributed by atoms with Crippen molar-refractivity contribution in [1.82, 2.24) is 0 Å². The third kappa shape index (κ3) is 4.23. The van der Waals surface area contributed by atoms with Crippen molar-refractivity contribution in [2.45, 2.75) is 31.4 Å². The third-order valence-corrected chi connectivity index (χ3v) is 4.56. The summed E-state index contributed by atoms with van der Waals surface area (Å²) >= 11 is 5.77. The summed E-state index contributed by atoms with van der Waals surface area (Å²) < 4.78 is 101. The molecule has 5 nitrogen and oxygen atoms in total. The normalized spacial score (nSPS) is 28.4. The topological polar surface area (TPSA) is 72.5 Å². The average Bonchev–Trinajstić information content (AvgIpc) is 2.66. The van der Waals surface area contributed by atoms with Crippen LogP contribution in [0.4, 0.5) is 10.1 Å². The summed E-state index contributed by atoms with van der Waals surface area (Å²) in [7, 11) is -5.05. The van der Waals surface area contributed by atoms with E-state index >= 15 is 0 Å². The van der Waals surface area contributed by atoms with E-state index in [0.29, 0.717) is 0 Å². The number of sulfonamides is 1. The van der Waals surface area contributed by atoms with Crippen molar-refractivity contribution in [3.05, 3.63) is 40.6 Å². The molecular weight excluding hydrogens is 345 g/mol. The van der Waals surface area contributed by atoms with E-state index in [1.807, 2.05) is 0 Å². The van der Waals surface area contributed by atoms with Crippen molar-refractivity contribution in [3.8, 4) is 0 Å². The van der Waals surface area contributed by atoms with Crippen molar-refractivity contribution in [2.75, 3.05) is 11.3 Å². The molecule has 1 N–H and O–H groups in total. The van der Waals surface area contributed by atoms with Gasteiger partial charge in [0.05, 0.1) is 29.7 Å². The summed E-state index contributed by atoms with van der Waals surface area (Å²) in [6.45, 7) is 1.17. The minimum Gasteiger partial charge on any atom is -0.463 e. The molecule has 1 aromatic rings. The molecule has 1 aliphatic rings. The molecule has 0 saturated carbocycles. The van der Waals surface area contributed by atoms with Gasteiger partial charge in [-0.2, -0.15) is 0 Å². The second-order valence-electron chi connectivity index (χ2n) is 4.30. The number of hydrogen-bond donors (Lipinski definition) is 1. The van der Waals surface area contributed by atoms with E-state index in [4.69, 9.17) is 25.9 Å². The number of carbonyl (C=O) groups is 1. The first-order valence-corrected chi connectivity index (χ1v) is 8.34. The molecule has 0 spiro atoms. The van der Waals surface area contributed by atoms with Crippen LogP contribution in [-0.2, 0) is 19.6 Å². The Balaban J connectivity index is 2.69. The molecule has 23 heavy (non-hydrogen) atoms. The monoisotopic (exact) mass is 368 g/mol. The lowest BCUT2D eigenvalue weighted by Gasteiger charge is -2.24. The van der Waals surface area contributed by atoms with Crippen LogP contribution in [0.25, 0.3) is 0 Å². The van der Waals surface area contributed by atoms with Gasteiger partial charge in [0, 0.05) is 2.74 Å². The first-order chi connectivity index (χ1) is 13.6. The summed E-state index contributed by atoms with van der Waals surface area (Å²) in [5.41, 5.74) is -1.89. The van der Waals surface area contributed by atoms with E-state index in [9.17, 15) is 17.6 Å². The van der Waals surface area contributed by atoms with Gasteiger partial charge in [-0.05, 0) is 44.3 Å². The van der Waals surface area contributed by atoms with Crippen LogP contribution in [0.1, 0.15) is 35.7 Å². The standard InChI is InChI=1S/C15H17ClFNO4S/c1-2-22-15(19)11-5-3-4-6-14(11)23(20,21)18-13-8-7-10(17)9-12(13)16/h5,7-9,14,18H,2-4,6H2,1H3/i3D2,5D,7D,8D,9D,14D. The number of halogens is 2. The second-order valence-corrected chi connectivity index (χ2v) is 6.39. The van der Waals surface area contributed by atoms with Crippen molar-refractivity contribution in [2.24, 2.45) is 0 Å². The summed E-state index contributed by atoms with van der Waals surface area (Å²) in [6.07, 6.45) is -3.73. The van der Waals surface area contributed by atoms with Crippen molar-refractivity contribution >= 4 is 33.3 Å². The Morgan fingerprint density at radius 2 is 2.39 bits per heavy atom. The largest absolute Gasteiger partial charge is 0.463 e. The van der Waals surface area contributed by atoms with Gasteiger partial charge in [-0.3, -0.25) is 4.72 Å². The Morgan fingerprint density at radius 3 is 3.09 bits per heavy atom. The number of nitrogens with one attached hydrogen (secondary N) is 1. The van der Waals surface area contributed by atoms with Crippen LogP contribution in [0, 0.1) is 5.82 Å². The molecule has 0 aliphatic heterocycles. The van der Waals surface area contributed by atoms with Crippen LogP contribution < -0.4 is 4.72 Å². The van der Waals surface area contributed by atoms with E-state index in [1.165, 1.54) is 6.92 Å². The summed E-state index contributed by atoms with van der Waals surface area (Å²) in [6, 6.07) is -4.19. The molecule has 0 bridgehead atoms. The maximum Gasteiger partial charge on any atom is 0.335 e. The van der Waals surface area contributed by atoms with Crippen LogP contribution in [0.3, 0.4) is 0 Å². The molecule has 8 heteroatoms. The average molecular weight is 369 g/mol. The molecule has 0 amide bonds. The maximum absolute atomic E-state index is 13.8. The Kier molecular flexibility index (Phi) is 3.28. The molecule has 0 aromatic heterocycles. The molecular formula is C15H17ClFNO4S. The van der Waals surface area contributed by atoms with Gasteiger partial charge in [0.15, 0.2) is 0 Å². The first-order valence-electron chi connectivity index (χ1n) is 9.98. The number of allylic oxidation sites excluding steroid dienone is 1. The molecule has 1 unspecified atom stereocenters. The lowest BCUT2D eigenvalue weighted by molar-refractivity contribution is -0.138. The number of carbonyl (C=O) groups excluding carboxylic acids is 1. The zero-order valence-corrected chi connectivity index (χ0v) is 13.5. The van der Waals surface area contributed by atoms with Gasteiger partial charge in [0.2, 0.25) is 10.0 Å². The zero-order valence-electron chi connectivity index (χ0n) is 18.9. The van der Waals surface area contributed by atoms with Gasteiger partial charge >= 0.3 is 5.97 Å². The van der Waals surface area contributed by atoms with Gasteiger partial charge in [-0.25, -0.2) is 17.6 Å². The number of esters is 1. The fraction of sp³-hybridized carbons (Fsp3) is 0.400. The Hall–Kier alpha value is -1.60. The van der Waals surface area contributed by atoms with E-state index in [-0.39, 0.29) is 6.61 Å². The maximum atomic E-state index is 13.8. The SMILES string of the molecule is [2H]C1=C(C(=O)OCC)C([2H])(S(=O)(=O)Nc2c([2H])c([2H])c(F)c([2H])c2Cl)CCC1([2H])[2H]. The summed E-state index contributed by atoms with van der Waals surface area (Å²) in [5, 5.41) is -3.74. The summed E-state index contributed by atoms with van der Waals surface area (Å²) in [5.74, 6) is -2.81. The van der Waals surface area contributed by atoms with E-state index in [2.05, 4.69) is 0 Å². The Bertz CT molecular complexity index is 1020. The Morgan fingerprint density at radius 1 is 1.65 bits per heavy atom. The van der Waals surface area contributed by atoms with Crippen LogP contribution in [0.15, 0.2) is 29.8 Å². The highest BCUT2D eigenvalue weighted by molar-refractivity contribution is 7.93. The Labute approximate surface area is 149 Å². The van der Waals surface area contributed by atoms with Crippen LogP contribution >= 0.6 is 11.6 Å². The van der Waals surface area contributed by atoms with E-state index < -0.39 is 86.7 Å². The van der Waals surface area contributed by atoms with Crippen molar-refractivity contribution < 1.29 is 31.9 Å². The first kappa shape index (κ1) is 10.3. The van der Waals surface area contributed by atoms with Gasteiger partial charge in [-0.1, -0.05) is 17.7 Å². The second kappa shape index (κ2) is 7.31. The molecule has 1 aliphatic carbocycles. The number of anilines is 1. The summed E-state index contributed by atoms with van der Waals surface area (Å²) in [4.78, 5) is 12.3. The predicted molar refractivity (Wildman–Crippen MR) is 86.3 cm³/mol. The molecule has 0 radical (unpaired) electrons. The smallest absolute Gasteiger partial charge is 0.335 e. The number of ether oxygens (including phenoxy) is 1. The van der Waals surface area contributed by atoms with E-state index in [1.54, 1.807) is 4.72 Å². The number of rotatable bonds is 5. The third-order valence-electron chi connectivity index (χ3n) is 2.75. The minimum atomic E-state index is -5.05. The van der Waals surface area contributed by atoms with Gasteiger partial charge in [0.1, 0.15) is 11.0 Å². The molecule has 126 valence electrons. The van der Waals surface area contributed by atoms with Crippen LogP contribution in [0.5, 0.6) is 0 Å². The molecule has 0 saturated heterocycles. The molecule has 0 heterocycles. The number of benzene rings is 1. The molecule has 1 aromatic carbocycles. The highest BCUT2D eigenvalue weighted by Crippen LogP contribution is 2.30. The fourth-order valence-electron chi connectivity index (χ4n) is 1.79. The molecule has 2 rings (SSSR count). The van der Waals surface area contributed by atoms with Gasteiger partial charge < -0.3 is 4.74 Å². The fourth-order valence-corrected chi connectivity index (χ4v) is 3.34. The predicted octanol–water partition coefficient (Wildman–Crippen LogP) is 3.26. The number of hydrogen-bond acceptors (Lipinski definition) is 4. The lowest BCUT2D eigenvalue weighted by Crippen LogP contribution is -2.34. The van der Waals surface area contributed by atoms with Gasteiger partial charge in [-0.15, -0.1) is 0 Å². The highest BCUT2D eigenvalue weighted by atomic mass is 35.5.